The molecule has 4 aromatic rings. The van der Waals surface area contributed by atoms with Gasteiger partial charge in [0.1, 0.15) is 5.82 Å². The highest BCUT2D eigenvalue weighted by Gasteiger charge is 2.44. The van der Waals surface area contributed by atoms with Crippen molar-refractivity contribution in [2.45, 2.75) is 12.0 Å². The van der Waals surface area contributed by atoms with E-state index in [0.717, 1.165) is 4.88 Å². The van der Waals surface area contributed by atoms with Crippen molar-refractivity contribution >= 4 is 49.8 Å². The number of anilines is 1. The molecule has 1 aliphatic heterocycles. The topological polar surface area (TPSA) is 71.5 Å². The van der Waals surface area contributed by atoms with E-state index in [4.69, 9.17) is 4.74 Å². The number of carbonyl (C=O) groups excluding carboxylic acids is 2. The molecule has 168 valence electrons. The first kappa shape index (κ1) is 21.7. The van der Waals surface area contributed by atoms with E-state index in [9.17, 15) is 14.0 Å². The molecule has 3 heterocycles. The average molecular weight is 482 g/mol. The monoisotopic (exact) mass is 481 g/mol. The molecule has 6 nitrogen and oxygen atoms in total. The molecule has 0 saturated carbocycles. The van der Waals surface area contributed by atoms with Gasteiger partial charge in [-0.15, -0.1) is 11.3 Å². The summed E-state index contributed by atoms with van der Waals surface area (Å²) in [5.74, 6) is -1.38. The molecule has 2 unspecified atom stereocenters. The van der Waals surface area contributed by atoms with Crippen LogP contribution >= 0.6 is 22.7 Å². The summed E-state index contributed by atoms with van der Waals surface area (Å²) in [5.41, 5.74) is 1.81. The highest BCUT2D eigenvalue weighted by Crippen LogP contribution is 2.44. The Labute approximate surface area is 197 Å². The number of nitrogens with zero attached hydrogens (tertiary/aromatic N) is 2. The zero-order valence-corrected chi connectivity index (χ0v) is 19.3. The summed E-state index contributed by atoms with van der Waals surface area (Å²) in [4.78, 5) is 34.2. The van der Waals surface area contributed by atoms with Gasteiger partial charge in [0.05, 0.1) is 28.8 Å². The van der Waals surface area contributed by atoms with Crippen LogP contribution in [0.25, 0.3) is 10.2 Å². The number of aromatic nitrogens is 1. The summed E-state index contributed by atoms with van der Waals surface area (Å²) in [6.45, 7) is 0.712. The van der Waals surface area contributed by atoms with Crippen LogP contribution in [-0.4, -0.2) is 42.0 Å². The molecule has 0 radical (unpaired) electrons. The summed E-state index contributed by atoms with van der Waals surface area (Å²) in [6, 6.07) is 14.9. The Morgan fingerprint density at radius 3 is 2.85 bits per heavy atom. The molecular weight excluding hydrogens is 461 g/mol. The van der Waals surface area contributed by atoms with Crippen LogP contribution in [0.1, 0.15) is 32.8 Å². The minimum atomic E-state index is -0.641. The molecule has 5 rings (SSSR count). The van der Waals surface area contributed by atoms with Gasteiger partial charge in [0.25, 0.3) is 5.91 Å². The number of benzene rings is 2. The Morgan fingerprint density at radius 2 is 2.06 bits per heavy atom. The van der Waals surface area contributed by atoms with E-state index in [0.29, 0.717) is 39.6 Å². The number of hydrogen-bond donors (Lipinski definition) is 1. The van der Waals surface area contributed by atoms with Crippen molar-refractivity contribution in [3.05, 3.63) is 81.8 Å². The average Bonchev–Trinajstić information content (AvgIpc) is 3.47. The Bertz CT molecular complexity index is 1320. The number of rotatable bonds is 6. The number of methoxy groups -OCH3 is 1. The van der Waals surface area contributed by atoms with Crippen molar-refractivity contribution < 1.29 is 18.7 Å². The lowest BCUT2D eigenvalue weighted by Gasteiger charge is -2.41. The van der Waals surface area contributed by atoms with Crippen LogP contribution in [0.5, 0.6) is 0 Å². The first-order valence-corrected chi connectivity index (χ1v) is 12.1. The zero-order chi connectivity index (χ0) is 22.9. The van der Waals surface area contributed by atoms with Gasteiger partial charge in [-0.3, -0.25) is 9.59 Å². The Morgan fingerprint density at radius 1 is 1.21 bits per heavy atom. The van der Waals surface area contributed by atoms with E-state index >= 15 is 0 Å². The summed E-state index contributed by atoms with van der Waals surface area (Å²) in [7, 11) is 1.59. The predicted octanol–water partition coefficient (Wildman–Crippen LogP) is 5.06. The second-order valence-corrected chi connectivity index (χ2v) is 9.65. The first-order valence-electron chi connectivity index (χ1n) is 10.4. The van der Waals surface area contributed by atoms with Crippen molar-refractivity contribution in [3.63, 3.8) is 0 Å². The van der Waals surface area contributed by atoms with E-state index in [1.165, 1.54) is 34.8 Å². The molecule has 9 heteroatoms. The van der Waals surface area contributed by atoms with Gasteiger partial charge in [-0.25, -0.2) is 9.37 Å². The number of halogens is 1. The van der Waals surface area contributed by atoms with E-state index in [1.807, 2.05) is 29.6 Å². The zero-order valence-electron chi connectivity index (χ0n) is 17.7. The maximum absolute atomic E-state index is 13.7. The molecule has 0 bridgehead atoms. The third-order valence-electron chi connectivity index (χ3n) is 5.67. The number of thiazole rings is 1. The van der Waals surface area contributed by atoms with E-state index in [-0.39, 0.29) is 17.6 Å². The van der Waals surface area contributed by atoms with Crippen LogP contribution in [0.15, 0.2) is 60.0 Å². The maximum Gasteiger partial charge on any atom is 0.254 e. The molecule has 1 aliphatic rings. The third-order valence-corrected chi connectivity index (χ3v) is 7.55. The minimum Gasteiger partial charge on any atom is -0.383 e. The van der Waals surface area contributed by atoms with E-state index in [1.54, 1.807) is 30.2 Å². The standard InChI is InChI=1S/C24H20FN3O3S2/c1-31-11-10-28-21(18-7-4-12-32-18)20(15-5-2-3-6-16(15)23(28)30)22(29)27-24-26-17-9-8-14(25)13-19(17)33-24/h2-9,12-13,20-21H,10-11H2,1H3,(H,26,27,29). The number of carbonyl (C=O) groups is 2. The van der Waals surface area contributed by atoms with Crippen molar-refractivity contribution in [1.29, 1.82) is 0 Å². The normalized spacial score (nSPS) is 17.9. The molecule has 2 amide bonds. The van der Waals surface area contributed by atoms with Gasteiger partial charge in [0, 0.05) is 24.1 Å². The lowest BCUT2D eigenvalue weighted by atomic mass is 9.81. The lowest BCUT2D eigenvalue weighted by Crippen LogP contribution is -2.47. The lowest BCUT2D eigenvalue weighted by molar-refractivity contribution is -0.119. The van der Waals surface area contributed by atoms with Crippen molar-refractivity contribution in [2.24, 2.45) is 0 Å². The highest BCUT2D eigenvalue weighted by atomic mass is 32.1. The van der Waals surface area contributed by atoms with Crippen LogP contribution in [0.3, 0.4) is 0 Å². The van der Waals surface area contributed by atoms with Gasteiger partial charge in [-0.1, -0.05) is 35.6 Å². The number of ether oxygens (including phenoxy) is 1. The van der Waals surface area contributed by atoms with Crippen molar-refractivity contribution in [2.75, 3.05) is 25.6 Å². The Hall–Kier alpha value is -3.14. The summed E-state index contributed by atoms with van der Waals surface area (Å²) < 4.78 is 19.5. The van der Waals surface area contributed by atoms with Crippen LogP contribution in [0.4, 0.5) is 9.52 Å². The van der Waals surface area contributed by atoms with Crippen LogP contribution in [0, 0.1) is 5.82 Å². The molecule has 2 aromatic heterocycles. The summed E-state index contributed by atoms with van der Waals surface area (Å²) in [6.07, 6.45) is 0. The SMILES string of the molecule is COCCN1C(=O)c2ccccc2C(C(=O)Nc2nc3ccc(F)cc3s2)C1c1cccs1. The van der Waals surface area contributed by atoms with Gasteiger partial charge >= 0.3 is 0 Å². The van der Waals surface area contributed by atoms with Gasteiger partial charge in [-0.05, 0) is 41.3 Å². The molecule has 2 atom stereocenters. The second kappa shape index (κ2) is 9.01. The molecule has 0 aliphatic carbocycles. The second-order valence-electron chi connectivity index (χ2n) is 7.64. The highest BCUT2D eigenvalue weighted by molar-refractivity contribution is 7.22. The number of thiophene rings is 1. The summed E-state index contributed by atoms with van der Waals surface area (Å²) in [5, 5.41) is 5.25. The fourth-order valence-corrected chi connectivity index (χ4v) is 5.99. The molecular formula is C24H20FN3O3S2. The number of amides is 2. The van der Waals surface area contributed by atoms with E-state index in [2.05, 4.69) is 10.3 Å². The number of fused-ring (bicyclic) bond motifs is 2. The maximum atomic E-state index is 13.7. The molecule has 2 aromatic carbocycles. The molecule has 33 heavy (non-hydrogen) atoms. The van der Waals surface area contributed by atoms with Crippen molar-refractivity contribution in [1.82, 2.24) is 9.88 Å². The Kier molecular flexibility index (Phi) is 5.92. The van der Waals surface area contributed by atoms with Gasteiger partial charge in [0.15, 0.2) is 5.13 Å². The van der Waals surface area contributed by atoms with Crippen molar-refractivity contribution in [3.8, 4) is 0 Å². The molecule has 0 saturated heterocycles. The fourth-order valence-electron chi connectivity index (χ4n) is 4.22. The fraction of sp³-hybridized carbons (Fsp3) is 0.208. The van der Waals surface area contributed by atoms with Gasteiger partial charge < -0.3 is 15.0 Å². The van der Waals surface area contributed by atoms with Gasteiger partial charge in [0.2, 0.25) is 5.91 Å². The van der Waals surface area contributed by atoms with Crippen LogP contribution in [-0.2, 0) is 9.53 Å². The predicted molar refractivity (Wildman–Crippen MR) is 127 cm³/mol. The Balaban J connectivity index is 1.57. The van der Waals surface area contributed by atoms with Crippen LogP contribution < -0.4 is 5.32 Å². The molecule has 0 fully saturated rings. The molecule has 0 spiro atoms. The minimum absolute atomic E-state index is 0.124. The third kappa shape index (κ3) is 4.03. The largest absolute Gasteiger partial charge is 0.383 e. The first-order chi connectivity index (χ1) is 16.1. The molecule has 1 N–H and O–H groups in total. The van der Waals surface area contributed by atoms with Crippen LogP contribution in [0.2, 0.25) is 0 Å². The number of nitrogens with one attached hydrogen (secondary N) is 1. The quantitative estimate of drug-likeness (QED) is 0.418. The number of hydrogen-bond acceptors (Lipinski definition) is 6. The summed E-state index contributed by atoms with van der Waals surface area (Å²) >= 11 is 2.72. The smallest absolute Gasteiger partial charge is 0.254 e. The van der Waals surface area contributed by atoms with E-state index < -0.39 is 12.0 Å². The van der Waals surface area contributed by atoms with Gasteiger partial charge in [-0.2, -0.15) is 0 Å².